The number of carbonyl (C=O) groups excluding carboxylic acids is 2. The molecule has 7 heteroatoms. The SMILES string of the molecule is CCNCCNC(=O)CN(CC(=O)N(C)N1Cc2ccccc2C1)c1ccccc1. The van der Waals surface area contributed by atoms with E-state index in [-0.39, 0.29) is 24.9 Å². The smallest absolute Gasteiger partial charge is 0.256 e. The van der Waals surface area contributed by atoms with Crippen molar-refractivity contribution in [3.8, 4) is 0 Å². The van der Waals surface area contributed by atoms with E-state index >= 15 is 0 Å². The molecule has 0 unspecified atom stereocenters. The van der Waals surface area contributed by atoms with E-state index in [9.17, 15) is 9.59 Å². The zero-order chi connectivity index (χ0) is 21.3. The van der Waals surface area contributed by atoms with Crippen LogP contribution in [0.1, 0.15) is 18.1 Å². The van der Waals surface area contributed by atoms with Crippen molar-refractivity contribution in [1.29, 1.82) is 0 Å². The predicted molar refractivity (Wildman–Crippen MR) is 119 cm³/mol. The molecule has 1 aliphatic rings. The van der Waals surface area contributed by atoms with Gasteiger partial charge in [0.1, 0.15) is 0 Å². The van der Waals surface area contributed by atoms with Crippen molar-refractivity contribution in [3.63, 3.8) is 0 Å². The van der Waals surface area contributed by atoms with Crippen molar-refractivity contribution < 1.29 is 9.59 Å². The summed E-state index contributed by atoms with van der Waals surface area (Å²) in [4.78, 5) is 27.3. The largest absolute Gasteiger partial charge is 0.353 e. The van der Waals surface area contributed by atoms with E-state index in [1.54, 1.807) is 12.1 Å². The number of amides is 2. The lowest BCUT2D eigenvalue weighted by molar-refractivity contribution is -0.145. The van der Waals surface area contributed by atoms with Crippen LogP contribution in [0.25, 0.3) is 0 Å². The van der Waals surface area contributed by atoms with E-state index in [2.05, 4.69) is 22.8 Å². The number of fused-ring (bicyclic) bond motifs is 1. The third kappa shape index (κ3) is 5.81. The van der Waals surface area contributed by atoms with Crippen molar-refractivity contribution in [2.24, 2.45) is 0 Å². The van der Waals surface area contributed by atoms with E-state index in [1.165, 1.54) is 11.1 Å². The highest BCUT2D eigenvalue weighted by molar-refractivity contribution is 5.86. The molecule has 30 heavy (non-hydrogen) atoms. The molecule has 2 aromatic carbocycles. The second kappa shape index (κ2) is 10.8. The summed E-state index contributed by atoms with van der Waals surface area (Å²) in [6, 6.07) is 17.8. The van der Waals surface area contributed by atoms with E-state index in [1.807, 2.05) is 59.3 Å². The van der Waals surface area contributed by atoms with Crippen LogP contribution in [0.2, 0.25) is 0 Å². The Morgan fingerprint density at radius 1 is 0.933 bits per heavy atom. The highest BCUT2D eigenvalue weighted by Gasteiger charge is 2.26. The second-order valence-electron chi connectivity index (χ2n) is 7.40. The van der Waals surface area contributed by atoms with Gasteiger partial charge in [0.2, 0.25) is 5.91 Å². The van der Waals surface area contributed by atoms with Gasteiger partial charge in [-0.05, 0) is 29.8 Å². The molecule has 0 fully saturated rings. The van der Waals surface area contributed by atoms with E-state index in [0.29, 0.717) is 19.6 Å². The Hall–Kier alpha value is -2.90. The summed E-state index contributed by atoms with van der Waals surface area (Å²) < 4.78 is 0. The summed E-state index contributed by atoms with van der Waals surface area (Å²) in [6.07, 6.45) is 0. The van der Waals surface area contributed by atoms with E-state index in [4.69, 9.17) is 0 Å². The van der Waals surface area contributed by atoms with Crippen LogP contribution in [-0.4, -0.2) is 61.6 Å². The molecule has 2 amide bonds. The first kappa shape index (κ1) is 21.8. The molecule has 7 nitrogen and oxygen atoms in total. The Morgan fingerprint density at radius 2 is 1.57 bits per heavy atom. The molecule has 1 aliphatic heterocycles. The fraction of sp³-hybridized carbons (Fsp3) is 0.391. The molecular weight excluding hydrogens is 378 g/mol. The maximum absolute atomic E-state index is 13.0. The van der Waals surface area contributed by atoms with Crippen molar-refractivity contribution in [3.05, 3.63) is 65.7 Å². The minimum atomic E-state index is -0.0965. The van der Waals surface area contributed by atoms with E-state index in [0.717, 1.165) is 18.8 Å². The average molecular weight is 410 g/mol. The van der Waals surface area contributed by atoms with Crippen LogP contribution in [0, 0.1) is 0 Å². The van der Waals surface area contributed by atoms with Crippen LogP contribution < -0.4 is 15.5 Å². The lowest BCUT2D eigenvalue weighted by atomic mass is 10.1. The van der Waals surface area contributed by atoms with Gasteiger partial charge < -0.3 is 15.5 Å². The van der Waals surface area contributed by atoms with Gasteiger partial charge in [-0.3, -0.25) is 14.6 Å². The lowest BCUT2D eigenvalue weighted by Gasteiger charge is -2.31. The zero-order valence-electron chi connectivity index (χ0n) is 17.8. The van der Waals surface area contributed by atoms with Crippen LogP contribution in [0.4, 0.5) is 5.69 Å². The van der Waals surface area contributed by atoms with Gasteiger partial charge >= 0.3 is 0 Å². The molecule has 0 radical (unpaired) electrons. The molecule has 160 valence electrons. The van der Waals surface area contributed by atoms with Gasteiger partial charge in [0.15, 0.2) is 0 Å². The summed E-state index contributed by atoms with van der Waals surface area (Å²) in [5.74, 6) is -0.145. The quantitative estimate of drug-likeness (QED) is 0.584. The Kier molecular flexibility index (Phi) is 7.82. The molecule has 2 aromatic rings. The topological polar surface area (TPSA) is 67.9 Å². The number of anilines is 1. The van der Waals surface area contributed by atoms with Crippen LogP contribution in [0.5, 0.6) is 0 Å². The van der Waals surface area contributed by atoms with Crippen LogP contribution >= 0.6 is 0 Å². The fourth-order valence-corrected chi connectivity index (χ4v) is 3.52. The number of rotatable bonds is 10. The summed E-state index contributed by atoms with van der Waals surface area (Å²) in [5.41, 5.74) is 3.35. The van der Waals surface area contributed by atoms with Gasteiger partial charge in [-0.1, -0.05) is 49.4 Å². The zero-order valence-corrected chi connectivity index (χ0v) is 17.8. The Morgan fingerprint density at radius 3 is 2.20 bits per heavy atom. The van der Waals surface area contributed by atoms with Crippen molar-refractivity contribution in [2.45, 2.75) is 20.0 Å². The lowest BCUT2D eigenvalue weighted by Crippen LogP contribution is -2.48. The maximum atomic E-state index is 13.0. The molecule has 0 spiro atoms. The minimum Gasteiger partial charge on any atom is -0.353 e. The first-order valence-corrected chi connectivity index (χ1v) is 10.4. The Balaban J connectivity index is 1.61. The van der Waals surface area contributed by atoms with Crippen molar-refractivity contribution >= 4 is 17.5 Å². The number of nitrogens with zero attached hydrogens (tertiary/aromatic N) is 3. The number of nitrogens with one attached hydrogen (secondary N) is 2. The summed E-state index contributed by atoms with van der Waals surface area (Å²) in [5, 5.41) is 9.80. The third-order valence-corrected chi connectivity index (χ3v) is 5.27. The fourth-order valence-electron chi connectivity index (χ4n) is 3.52. The Bertz CT molecular complexity index is 817. The number of hydrogen-bond acceptors (Lipinski definition) is 5. The van der Waals surface area contributed by atoms with Gasteiger partial charge in [0.05, 0.1) is 13.1 Å². The number of para-hydroxylation sites is 1. The molecule has 0 atom stereocenters. The highest BCUT2D eigenvalue weighted by atomic mass is 16.2. The second-order valence-corrected chi connectivity index (χ2v) is 7.40. The van der Waals surface area contributed by atoms with Gasteiger partial charge in [-0.2, -0.15) is 0 Å². The minimum absolute atomic E-state index is 0.0490. The molecule has 1 heterocycles. The molecule has 3 rings (SSSR count). The first-order chi connectivity index (χ1) is 14.6. The third-order valence-electron chi connectivity index (χ3n) is 5.27. The van der Waals surface area contributed by atoms with Crippen molar-refractivity contribution in [2.75, 3.05) is 44.7 Å². The monoisotopic (exact) mass is 409 g/mol. The van der Waals surface area contributed by atoms with Crippen LogP contribution in [-0.2, 0) is 22.7 Å². The summed E-state index contributed by atoms with van der Waals surface area (Å²) in [7, 11) is 1.80. The van der Waals surface area contributed by atoms with Crippen molar-refractivity contribution in [1.82, 2.24) is 20.7 Å². The molecule has 0 saturated heterocycles. The molecule has 0 bridgehead atoms. The van der Waals surface area contributed by atoms with Gasteiger partial charge in [-0.15, -0.1) is 0 Å². The van der Waals surface area contributed by atoms with Crippen LogP contribution in [0.15, 0.2) is 54.6 Å². The number of hydrazine groups is 1. The maximum Gasteiger partial charge on any atom is 0.256 e. The molecule has 2 N–H and O–H groups in total. The van der Waals surface area contributed by atoms with Gasteiger partial charge in [-0.25, -0.2) is 5.01 Å². The molecule has 0 aliphatic carbocycles. The number of likely N-dealkylation sites (N-methyl/N-ethyl adjacent to an activating group) is 2. The molecule has 0 saturated carbocycles. The predicted octanol–water partition coefficient (Wildman–Crippen LogP) is 1.61. The number of benzene rings is 2. The Labute approximate surface area is 178 Å². The van der Waals surface area contributed by atoms with Gasteiger partial charge in [0.25, 0.3) is 5.91 Å². The number of hydrogen-bond donors (Lipinski definition) is 2. The standard InChI is InChI=1S/C23H31N5O2/c1-3-24-13-14-25-22(29)17-27(21-11-5-4-6-12-21)18-23(30)26(2)28-15-19-9-7-8-10-20(19)16-28/h4-12,24H,3,13-18H2,1-2H3,(H,25,29). The number of carbonyl (C=O) groups is 2. The molecular formula is C23H31N5O2. The van der Waals surface area contributed by atoms with Crippen LogP contribution in [0.3, 0.4) is 0 Å². The first-order valence-electron chi connectivity index (χ1n) is 10.4. The van der Waals surface area contributed by atoms with Gasteiger partial charge in [0, 0.05) is 38.9 Å². The van der Waals surface area contributed by atoms with E-state index < -0.39 is 0 Å². The highest BCUT2D eigenvalue weighted by Crippen LogP contribution is 2.23. The summed E-state index contributed by atoms with van der Waals surface area (Å²) >= 11 is 0. The normalized spacial score (nSPS) is 13.0. The average Bonchev–Trinajstić information content (AvgIpc) is 3.20. The molecule has 0 aromatic heterocycles. The summed E-state index contributed by atoms with van der Waals surface area (Å²) in [6.45, 7) is 5.89.